The summed E-state index contributed by atoms with van der Waals surface area (Å²) in [5, 5.41) is 0. The lowest BCUT2D eigenvalue weighted by atomic mass is 9.96. The number of likely N-dealkylation sites (tertiary alicyclic amines) is 1. The molecule has 150 valence electrons. The number of aromatic nitrogens is 1. The number of benzene rings is 1. The molecule has 0 spiro atoms. The monoisotopic (exact) mass is 383 g/mol. The molecule has 0 N–H and O–H groups in total. The number of amides is 2. The topological polar surface area (TPSA) is 66.7 Å². The Kier molecular flexibility index (Phi) is 6.49. The van der Waals surface area contributed by atoms with Crippen molar-refractivity contribution < 1.29 is 14.0 Å². The van der Waals surface area contributed by atoms with E-state index in [1.807, 2.05) is 23.1 Å². The second-order valence-electron chi connectivity index (χ2n) is 7.65. The van der Waals surface area contributed by atoms with Crippen LogP contribution in [0.15, 0.2) is 34.7 Å². The molecular formula is C22H29N3O3. The molecule has 2 aromatic rings. The van der Waals surface area contributed by atoms with Crippen molar-refractivity contribution >= 4 is 11.8 Å². The molecule has 0 unspecified atom stereocenters. The SMILES string of the molecule is Cc1oc(C2CCN(C(=O)CCCc3ccccc3)CC2)nc1C(=O)N(C)C. The molecule has 0 saturated carbocycles. The summed E-state index contributed by atoms with van der Waals surface area (Å²) in [7, 11) is 3.41. The van der Waals surface area contributed by atoms with Crippen molar-refractivity contribution in [3.05, 3.63) is 53.2 Å². The fourth-order valence-corrected chi connectivity index (χ4v) is 3.62. The van der Waals surface area contributed by atoms with Gasteiger partial charge in [0.25, 0.3) is 5.91 Å². The number of rotatable bonds is 6. The molecule has 2 amide bonds. The summed E-state index contributed by atoms with van der Waals surface area (Å²) >= 11 is 0. The maximum atomic E-state index is 12.5. The molecule has 1 saturated heterocycles. The van der Waals surface area contributed by atoms with Crippen LogP contribution in [0.3, 0.4) is 0 Å². The van der Waals surface area contributed by atoms with Crippen LogP contribution in [0.25, 0.3) is 0 Å². The van der Waals surface area contributed by atoms with Crippen LogP contribution in [-0.2, 0) is 11.2 Å². The predicted molar refractivity (Wildman–Crippen MR) is 107 cm³/mol. The van der Waals surface area contributed by atoms with Crippen LogP contribution >= 0.6 is 0 Å². The van der Waals surface area contributed by atoms with E-state index < -0.39 is 0 Å². The highest BCUT2D eigenvalue weighted by atomic mass is 16.4. The minimum absolute atomic E-state index is 0.140. The van der Waals surface area contributed by atoms with Crippen molar-refractivity contribution in [1.29, 1.82) is 0 Å². The van der Waals surface area contributed by atoms with Crippen molar-refractivity contribution in [3.8, 4) is 0 Å². The standard InChI is InChI=1S/C22H29N3O3/c1-16-20(22(27)24(2)3)23-21(28-16)18-12-14-25(15-13-18)19(26)11-7-10-17-8-5-4-6-9-17/h4-6,8-9,18H,7,10-15H2,1-3H3. The number of aryl methyl sites for hydroxylation is 2. The Hall–Kier alpha value is -2.63. The molecule has 6 nitrogen and oxygen atoms in total. The number of nitrogens with zero attached hydrogens (tertiary/aromatic N) is 3. The van der Waals surface area contributed by atoms with Crippen LogP contribution in [0.2, 0.25) is 0 Å². The van der Waals surface area contributed by atoms with E-state index in [0.717, 1.165) is 25.7 Å². The average Bonchev–Trinajstić information content (AvgIpc) is 3.09. The minimum Gasteiger partial charge on any atom is -0.445 e. The first-order valence-corrected chi connectivity index (χ1v) is 9.96. The molecule has 1 aromatic heterocycles. The van der Waals surface area contributed by atoms with Gasteiger partial charge in [0.05, 0.1) is 0 Å². The highest BCUT2D eigenvalue weighted by molar-refractivity contribution is 5.92. The van der Waals surface area contributed by atoms with E-state index in [2.05, 4.69) is 17.1 Å². The predicted octanol–water partition coefficient (Wildman–Crippen LogP) is 3.41. The first kappa shape index (κ1) is 20.1. The number of carbonyl (C=O) groups excluding carboxylic acids is 2. The molecule has 28 heavy (non-hydrogen) atoms. The van der Waals surface area contributed by atoms with Crippen molar-refractivity contribution in [1.82, 2.24) is 14.8 Å². The summed E-state index contributed by atoms with van der Waals surface area (Å²) < 4.78 is 5.77. The fraction of sp³-hybridized carbons (Fsp3) is 0.500. The molecule has 3 rings (SSSR count). The molecule has 2 heterocycles. The van der Waals surface area contributed by atoms with E-state index >= 15 is 0 Å². The Morgan fingerprint density at radius 2 is 1.86 bits per heavy atom. The van der Waals surface area contributed by atoms with Crippen LogP contribution in [0, 0.1) is 6.92 Å². The number of oxazole rings is 1. The maximum absolute atomic E-state index is 12.5. The second kappa shape index (κ2) is 9.04. The Morgan fingerprint density at radius 3 is 2.50 bits per heavy atom. The van der Waals surface area contributed by atoms with E-state index in [-0.39, 0.29) is 17.7 Å². The summed E-state index contributed by atoms with van der Waals surface area (Å²) in [6.07, 6.45) is 4.03. The first-order valence-electron chi connectivity index (χ1n) is 9.96. The van der Waals surface area contributed by atoms with E-state index in [4.69, 9.17) is 4.42 Å². The highest BCUT2D eigenvalue weighted by Crippen LogP contribution is 2.29. The summed E-state index contributed by atoms with van der Waals surface area (Å²) in [5.41, 5.74) is 1.66. The Balaban J connectivity index is 1.48. The largest absolute Gasteiger partial charge is 0.445 e. The van der Waals surface area contributed by atoms with Gasteiger partial charge in [0.1, 0.15) is 5.76 Å². The van der Waals surface area contributed by atoms with Gasteiger partial charge in [-0.1, -0.05) is 30.3 Å². The highest BCUT2D eigenvalue weighted by Gasteiger charge is 2.28. The lowest BCUT2D eigenvalue weighted by Crippen LogP contribution is -2.37. The van der Waals surface area contributed by atoms with Crippen molar-refractivity contribution in [3.63, 3.8) is 0 Å². The quantitative estimate of drug-likeness (QED) is 0.767. The summed E-state index contributed by atoms with van der Waals surface area (Å²) in [5.74, 6) is 1.43. The average molecular weight is 383 g/mol. The van der Waals surface area contributed by atoms with Gasteiger partial charge in [0, 0.05) is 39.5 Å². The van der Waals surface area contributed by atoms with Gasteiger partial charge < -0.3 is 14.2 Å². The second-order valence-corrected chi connectivity index (χ2v) is 7.65. The molecule has 1 fully saturated rings. The zero-order valence-corrected chi connectivity index (χ0v) is 17.0. The molecule has 0 bridgehead atoms. The van der Waals surface area contributed by atoms with Crippen molar-refractivity contribution in [2.24, 2.45) is 0 Å². The van der Waals surface area contributed by atoms with E-state index in [1.165, 1.54) is 10.5 Å². The molecule has 0 aliphatic carbocycles. The van der Waals surface area contributed by atoms with E-state index in [1.54, 1.807) is 21.0 Å². The Bertz CT molecular complexity index is 806. The van der Waals surface area contributed by atoms with Crippen molar-refractivity contribution in [2.75, 3.05) is 27.2 Å². The smallest absolute Gasteiger partial charge is 0.275 e. The van der Waals surface area contributed by atoms with Gasteiger partial charge in [0.2, 0.25) is 5.91 Å². The Labute approximate surface area is 166 Å². The minimum atomic E-state index is -0.140. The number of hydrogen-bond acceptors (Lipinski definition) is 4. The zero-order valence-electron chi connectivity index (χ0n) is 17.0. The molecule has 1 aromatic carbocycles. The van der Waals surface area contributed by atoms with Crippen LogP contribution in [0.4, 0.5) is 0 Å². The normalized spacial score (nSPS) is 14.9. The molecule has 0 radical (unpaired) electrons. The van der Waals surface area contributed by atoms with Gasteiger partial charge in [-0.2, -0.15) is 0 Å². The molecule has 1 aliphatic heterocycles. The zero-order chi connectivity index (χ0) is 20.1. The van der Waals surface area contributed by atoms with Gasteiger partial charge in [-0.25, -0.2) is 4.98 Å². The number of carbonyl (C=O) groups is 2. The van der Waals surface area contributed by atoms with Gasteiger partial charge >= 0.3 is 0 Å². The third kappa shape index (κ3) is 4.80. The van der Waals surface area contributed by atoms with Crippen molar-refractivity contribution in [2.45, 2.75) is 44.9 Å². The summed E-state index contributed by atoms with van der Waals surface area (Å²) in [6.45, 7) is 3.21. The number of hydrogen-bond donors (Lipinski definition) is 0. The van der Waals surface area contributed by atoms with Crippen LogP contribution in [0.1, 0.15) is 59.3 Å². The molecule has 1 aliphatic rings. The molecule has 6 heteroatoms. The Morgan fingerprint density at radius 1 is 1.18 bits per heavy atom. The van der Waals surface area contributed by atoms with Gasteiger partial charge in [0.15, 0.2) is 11.6 Å². The van der Waals surface area contributed by atoms with E-state index in [0.29, 0.717) is 36.9 Å². The maximum Gasteiger partial charge on any atom is 0.275 e. The van der Waals surface area contributed by atoms with Crippen LogP contribution in [0.5, 0.6) is 0 Å². The fourth-order valence-electron chi connectivity index (χ4n) is 3.62. The van der Waals surface area contributed by atoms with Crippen LogP contribution < -0.4 is 0 Å². The van der Waals surface area contributed by atoms with E-state index in [9.17, 15) is 9.59 Å². The van der Waals surface area contributed by atoms with Gasteiger partial charge in [-0.05, 0) is 38.2 Å². The molecule has 0 atom stereocenters. The first-order chi connectivity index (χ1) is 13.5. The third-order valence-corrected chi connectivity index (χ3v) is 5.32. The third-order valence-electron chi connectivity index (χ3n) is 5.32. The lowest BCUT2D eigenvalue weighted by Gasteiger charge is -2.30. The number of piperidine rings is 1. The summed E-state index contributed by atoms with van der Waals surface area (Å²) in [4.78, 5) is 32.5. The van der Waals surface area contributed by atoms with Gasteiger partial charge in [-0.15, -0.1) is 0 Å². The summed E-state index contributed by atoms with van der Waals surface area (Å²) in [6, 6.07) is 10.3. The van der Waals surface area contributed by atoms with Gasteiger partial charge in [-0.3, -0.25) is 9.59 Å². The van der Waals surface area contributed by atoms with Crippen LogP contribution in [-0.4, -0.2) is 53.8 Å². The lowest BCUT2D eigenvalue weighted by molar-refractivity contribution is -0.132. The molecular weight excluding hydrogens is 354 g/mol.